The van der Waals surface area contributed by atoms with Gasteiger partial charge in [0.2, 0.25) is 0 Å². The lowest BCUT2D eigenvalue weighted by atomic mass is 10.2. The highest BCUT2D eigenvalue weighted by Crippen LogP contribution is 2.24. The van der Waals surface area contributed by atoms with Gasteiger partial charge in [-0.1, -0.05) is 76.6 Å². The van der Waals surface area contributed by atoms with Crippen molar-refractivity contribution in [3.63, 3.8) is 0 Å². The Bertz CT molecular complexity index is 1860. The molecule has 1 rings (SSSR count). The number of hydrogen-bond acceptors (Lipinski definition) is 18. The molecule has 1 aromatic carbocycles. The molecule has 0 bridgehead atoms. The van der Waals surface area contributed by atoms with Crippen LogP contribution in [0.15, 0.2) is 24.3 Å². The van der Waals surface area contributed by atoms with Crippen LogP contribution in [-0.4, -0.2) is 189 Å². The number of aryl methyl sites for hydroxylation is 1. The Morgan fingerprint density at radius 2 is 0.770 bits per heavy atom. The summed E-state index contributed by atoms with van der Waals surface area (Å²) in [7, 11) is -33.3. The first-order valence-electron chi connectivity index (χ1n) is 25.4. The first kappa shape index (κ1) is 78.4. The fraction of sp³-hybridized carbons (Fsp3) is 0.854. The molecule has 0 fully saturated rings. The fourth-order valence-corrected chi connectivity index (χ4v) is 74.1. The predicted octanol–water partition coefficient (Wildman–Crippen LogP) is 8.17. The van der Waals surface area contributed by atoms with Gasteiger partial charge in [0, 0.05) is 19.8 Å². The van der Waals surface area contributed by atoms with E-state index in [-0.39, 0.29) is 19.8 Å². The quantitative estimate of drug-likeness (QED) is 0.0382. The van der Waals surface area contributed by atoms with Crippen LogP contribution in [0.3, 0.4) is 0 Å². The Morgan fingerprint density at radius 1 is 0.432 bits per heavy atom. The number of ether oxygens (including phenoxy) is 2. The van der Waals surface area contributed by atoms with Gasteiger partial charge in [-0.15, -0.1) is 0 Å². The summed E-state index contributed by atoms with van der Waals surface area (Å²) in [6, 6.07) is 9.73. The SMILES string of the molecule is C[Si](C)(C)O[Si](C)(C)O[Si](=O)[Si](=O)[Si](C)(C)C.C[Si](C)(CCCO)O[Si](C)(C)O[Si](=O)[Si](=O)[Si](C)(C)C.C[Si](C)(CCCOCCO)O[Si](C)(C)O[Si](=O)[Si](=O)[Si](C)(C)CCCOCCO.Cc1ccccc1O. The minimum Gasteiger partial charge on any atom is -0.558 e. The predicted molar refractivity (Wildman–Crippen MR) is 324 cm³/mol. The maximum Gasteiger partial charge on any atom is 0.525 e. The number of phenols is 1. The van der Waals surface area contributed by atoms with Crippen molar-refractivity contribution in [1.82, 2.24) is 0 Å². The van der Waals surface area contributed by atoms with Crippen molar-refractivity contribution in [1.29, 1.82) is 0 Å². The molecule has 0 unspecified atom stereocenters. The zero-order valence-corrected chi connectivity index (χ0v) is 64.5. The molecule has 0 aliphatic rings. The zero-order chi connectivity index (χ0) is 58.8. The number of para-hydroxylation sites is 1. The molecule has 432 valence electrons. The Kier molecular flexibility index (Phi) is 37.9. The number of phenolic OH excluding ortho intramolecular Hbond substituents is 1. The molecular formula is C41H100O18Si15. The van der Waals surface area contributed by atoms with Gasteiger partial charge in [0.25, 0.3) is 0 Å². The first-order chi connectivity index (χ1) is 33.2. The lowest BCUT2D eigenvalue weighted by Gasteiger charge is -2.33. The molecule has 0 aromatic heterocycles. The molecular weight excluding hydrogens is 1200 g/mol. The Balaban J connectivity index is -0.000000977. The van der Waals surface area contributed by atoms with E-state index in [1.165, 1.54) is 0 Å². The lowest BCUT2D eigenvalue weighted by Crippen LogP contribution is -2.54. The molecule has 0 saturated carbocycles. The molecule has 33 heteroatoms. The van der Waals surface area contributed by atoms with Gasteiger partial charge < -0.3 is 81.4 Å². The molecule has 0 radical (unpaired) electrons. The molecule has 0 atom stereocenters. The van der Waals surface area contributed by atoms with Crippen LogP contribution in [0.1, 0.15) is 24.8 Å². The smallest absolute Gasteiger partial charge is 0.525 e. The van der Waals surface area contributed by atoms with Crippen LogP contribution in [-0.2, 0) is 60.9 Å². The molecule has 0 aliphatic heterocycles. The largest absolute Gasteiger partial charge is 0.558 e. The fourth-order valence-electron chi connectivity index (χ4n) is 6.66. The Hall–Kier alpha value is 0.153. The number of benzene rings is 1. The van der Waals surface area contributed by atoms with Gasteiger partial charge in [0.05, 0.1) is 26.4 Å². The summed E-state index contributed by atoms with van der Waals surface area (Å²) in [4.78, 5) is 0. The minimum atomic E-state index is -2.66. The van der Waals surface area contributed by atoms with E-state index in [2.05, 4.69) is 45.8 Å². The van der Waals surface area contributed by atoms with Crippen LogP contribution in [0.4, 0.5) is 0 Å². The van der Waals surface area contributed by atoms with Crippen LogP contribution in [0.25, 0.3) is 0 Å². The molecule has 0 aliphatic carbocycles. The number of aliphatic hydroxyl groups excluding tert-OH is 3. The van der Waals surface area contributed by atoms with E-state index in [0.717, 1.165) is 36.5 Å². The third-order valence-electron chi connectivity index (χ3n) is 9.83. The highest BCUT2D eigenvalue weighted by Gasteiger charge is 2.47. The number of hydrogen-bond donors (Lipinski definition) is 4. The molecule has 0 amide bonds. The summed E-state index contributed by atoms with van der Waals surface area (Å²) in [6.07, 6.45) is 2.30. The first-order valence-corrected chi connectivity index (χ1v) is 67.9. The zero-order valence-electron chi connectivity index (χ0n) is 49.5. The summed E-state index contributed by atoms with van der Waals surface area (Å²) < 4.78 is 120. The highest BCUT2D eigenvalue weighted by molar-refractivity contribution is 7.47. The minimum absolute atomic E-state index is 0.00593. The third kappa shape index (κ3) is 40.3. The third-order valence-corrected chi connectivity index (χ3v) is 84.3. The van der Waals surface area contributed by atoms with Gasteiger partial charge in [-0.2, -0.15) is 0 Å². The average Bonchev–Trinajstić information content (AvgIpc) is 3.20. The summed E-state index contributed by atoms with van der Waals surface area (Å²) >= 11 is 0. The molecule has 4 N–H and O–H groups in total. The van der Waals surface area contributed by atoms with Crippen LogP contribution < -0.4 is 0 Å². The number of aliphatic hydroxyl groups is 3. The van der Waals surface area contributed by atoms with Gasteiger partial charge in [0.1, 0.15) is 28.5 Å². The van der Waals surface area contributed by atoms with E-state index in [4.69, 9.17) is 54.6 Å². The second kappa shape index (κ2) is 35.8. The molecule has 18 nitrogen and oxygen atoms in total. The van der Waals surface area contributed by atoms with E-state index < -0.39 is 122 Å². The normalized spacial score (nSPS) is 12.7. The number of aromatic hydroxyl groups is 1. The van der Waals surface area contributed by atoms with E-state index in [1.54, 1.807) is 6.07 Å². The van der Waals surface area contributed by atoms with Crippen LogP contribution in [0.5, 0.6) is 5.75 Å². The van der Waals surface area contributed by atoms with Gasteiger partial charge in [-0.25, -0.2) is 0 Å². The average molecular weight is 1300 g/mol. The summed E-state index contributed by atoms with van der Waals surface area (Å²) in [5.74, 6) is 0.368. The Labute approximate surface area is 463 Å². The Morgan fingerprint density at radius 3 is 1.08 bits per heavy atom. The van der Waals surface area contributed by atoms with Crippen LogP contribution in [0.2, 0.25) is 156 Å². The molecule has 74 heavy (non-hydrogen) atoms. The standard InChI is InChI=1S/C16H40O8Si5.C10H28O5Si5.C8H24O4Si5.C7H8O/c1-27(2,15-7-11-21-13-9-17)24-29(5,6)23-25(19)26(20)28(3,4)16-8-12-22-14-10-18;1-18(2,3)17(13)16(12)14-20(6,7)15-19(4,5)10-8-9-11;1-15(2,3)12-17(7,8)11-13(9)14(10)16(4,5)6;1-6-4-2-3-5-7(6)8/h17-18H,7-16H2,1-6H3;11H,8-10H2,1-7H3;1-8H3;2-5,8H,1H3. The maximum atomic E-state index is 12.9. The summed E-state index contributed by atoms with van der Waals surface area (Å²) in [5, 5.41) is 35.3. The highest BCUT2D eigenvalue weighted by atomic mass is 29.6. The molecule has 0 heterocycles. The van der Waals surface area contributed by atoms with Crippen molar-refractivity contribution in [2.45, 2.75) is 182 Å². The van der Waals surface area contributed by atoms with Crippen LogP contribution in [0, 0.1) is 6.92 Å². The van der Waals surface area contributed by atoms with E-state index >= 15 is 0 Å². The van der Waals surface area contributed by atoms with Crippen molar-refractivity contribution in [3.05, 3.63) is 29.8 Å². The molecule has 1 aromatic rings. The monoisotopic (exact) mass is 1300 g/mol. The van der Waals surface area contributed by atoms with E-state index in [1.807, 2.05) is 117 Å². The van der Waals surface area contributed by atoms with Gasteiger partial charge in [-0.3, -0.25) is 0 Å². The number of rotatable bonds is 33. The summed E-state index contributed by atoms with van der Waals surface area (Å²) in [5.41, 5.74) is 0.924. The van der Waals surface area contributed by atoms with Crippen molar-refractivity contribution in [3.8, 4) is 5.75 Å². The second-order valence-electron chi connectivity index (χ2n) is 24.2. The maximum absolute atomic E-state index is 12.9. The van der Waals surface area contributed by atoms with Crippen LogP contribution >= 0.6 is 0 Å². The van der Waals surface area contributed by atoms with Crippen molar-refractivity contribution >= 4 is 122 Å². The lowest BCUT2D eigenvalue weighted by molar-refractivity contribution is 0.0923. The van der Waals surface area contributed by atoms with E-state index in [9.17, 15) is 26.8 Å². The molecule has 0 saturated heterocycles. The van der Waals surface area contributed by atoms with Gasteiger partial charge in [-0.05, 0) is 135 Å². The van der Waals surface area contributed by atoms with Gasteiger partial charge in [0.15, 0.2) is 25.0 Å². The summed E-state index contributed by atoms with van der Waals surface area (Å²) in [6.45, 7) is 45.3. The topological polar surface area (TPSA) is 257 Å². The van der Waals surface area contributed by atoms with Crippen molar-refractivity contribution in [2.24, 2.45) is 0 Å². The van der Waals surface area contributed by atoms with E-state index in [0.29, 0.717) is 38.6 Å². The second-order valence-corrected chi connectivity index (χ2v) is 96.1. The molecule has 0 spiro atoms. The van der Waals surface area contributed by atoms with Gasteiger partial charge >= 0.3 is 74.2 Å². The van der Waals surface area contributed by atoms with Crippen molar-refractivity contribution in [2.75, 3.05) is 46.2 Å². The van der Waals surface area contributed by atoms with Crippen molar-refractivity contribution < 1.29 is 81.4 Å².